The van der Waals surface area contributed by atoms with Crippen LogP contribution >= 0.6 is 0 Å². The van der Waals surface area contributed by atoms with Gasteiger partial charge in [-0.25, -0.2) is 0 Å². The van der Waals surface area contributed by atoms with E-state index in [0.29, 0.717) is 30.2 Å². The molecule has 0 spiro atoms. The van der Waals surface area contributed by atoms with Crippen molar-refractivity contribution in [3.05, 3.63) is 94.4 Å². The average molecular weight is 431 g/mol. The maximum atomic E-state index is 13.1. The summed E-state index contributed by atoms with van der Waals surface area (Å²) >= 11 is 0. The number of hydrogen-bond donors (Lipinski definition) is 1. The number of carbonyl (C=O) groups excluding carboxylic acids is 1. The zero-order valence-electron chi connectivity index (χ0n) is 18.5. The molecule has 164 valence electrons. The molecule has 0 bridgehead atoms. The molecule has 0 atom stereocenters. The third-order valence-electron chi connectivity index (χ3n) is 5.40. The Kier molecular flexibility index (Phi) is 6.52. The fourth-order valence-corrected chi connectivity index (χ4v) is 3.65. The molecule has 0 fully saturated rings. The lowest BCUT2D eigenvalue weighted by atomic mass is 10.0. The van der Waals surface area contributed by atoms with Crippen LogP contribution in [0.2, 0.25) is 0 Å². The molecule has 1 N–H and O–H groups in total. The van der Waals surface area contributed by atoms with Crippen molar-refractivity contribution in [3.8, 4) is 5.75 Å². The molecule has 32 heavy (non-hydrogen) atoms. The smallest absolute Gasteiger partial charge is 0.255 e. The standard InChI is InChI=1S/C26H26N2O4/c1-17-24(18(2)32-28-17)16-31-25-13-22-10-5-4-9-21(22)12-23(25)26(29)27-14-19-7-6-8-20(11-19)15-30-3/h4-13H,14-16H2,1-3H3,(H,27,29). The minimum absolute atomic E-state index is 0.193. The van der Waals surface area contributed by atoms with Crippen molar-refractivity contribution in [1.29, 1.82) is 0 Å². The van der Waals surface area contributed by atoms with Crippen LogP contribution < -0.4 is 10.1 Å². The molecule has 4 rings (SSSR count). The highest BCUT2D eigenvalue weighted by molar-refractivity contribution is 6.01. The molecule has 4 aromatic rings. The summed E-state index contributed by atoms with van der Waals surface area (Å²) in [5, 5.41) is 8.97. The molecule has 0 saturated heterocycles. The minimum atomic E-state index is -0.193. The maximum absolute atomic E-state index is 13.1. The summed E-state index contributed by atoms with van der Waals surface area (Å²) in [4.78, 5) is 13.1. The zero-order chi connectivity index (χ0) is 22.5. The van der Waals surface area contributed by atoms with Gasteiger partial charge in [0.2, 0.25) is 0 Å². The Bertz CT molecular complexity index is 1230. The first-order valence-corrected chi connectivity index (χ1v) is 10.5. The van der Waals surface area contributed by atoms with Gasteiger partial charge in [-0.15, -0.1) is 0 Å². The van der Waals surface area contributed by atoms with Gasteiger partial charge >= 0.3 is 0 Å². The number of hydrogen-bond acceptors (Lipinski definition) is 5. The highest BCUT2D eigenvalue weighted by Crippen LogP contribution is 2.28. The Morgan fingerprint density at radius 2 is 1.72 bits per heavy atom. The number of nitrogens with one attached hydrogen (secondary N) is 1. The first-order chi connectivity index (χ1) is 15.5. The Hall–Kier alpha value is -3.64. The van der Waals surface area contributed by atoms with E-state index < -0.39 is 0 Å². The summed E-state index contributed by atoms with van der Waals surface area (Å²) in [5.41, 5.74) is 4.23. The van der Waals surface area contributed by atoms with Crippen LogP contribution in [0.4, 0.5) is 0 Å². The molecule has 0 saturated carbocycles. The minimum Gasteiger partial charge on any atom is -0.488 e. The van der Waals surface area contributed by atoms with Crippen LogP contribution in [0.5, 0.6) is 5.75 Å². The summed E-state index contributed by atoms with van der Waals surface area (Å²) < 4.78 is 16.5. The molecule has 1 amide bonds. The van der Waals surface area contributed by atoms with Crippen LogP contribution in [-0.4, -0.2) is 18.2 Å². The van der Waals surface area contributed by atoms with Crippen LogP contribution in [0.3, 0.4) is 0 Å². The number of fused-ring (bicyclic) bond motifs is 1. The number of methoxy groups -OCH3 is 1. The fraction of sp³-hybridized carbons (Fsp3) is 0.231. The lowest BCUT2D eigenvalue weighted by Gasteiger charge is -2.14. The van der Waals surface area contributed by atoms with Crippen LogP contribution in [0.25, 0.3) is 10.8 Å². The normalized spacial score (nSPS) is 11.0. The number of aromatic nitrogens is 1. The summed E-state index contributed by atoms with van der Waals surface area (Å²) in [5.74, 6) is 1.04. The lowest BCUT2D eigenvalue weighted by molar-refractivity contribution is 0.0946. The average Bonchev–Trinajstić information content (AvgIpc) is 3.13. The van der Waals surface area contributed by atoms with Gasteiger partial charge < -0.3 is 19.3 Å². The molecule has 6 heteroatoms. The maximum Gasteiger partial charge on any atom is 0.255 e. The third kappa shape index (κ3) is 4.81. The number of ether oxygens (including phenoxy) is 2. The van der Waals surface area contributed by atoms with E-state index in [4.69, 9.17) is 14.0 Å². The molecular weight excluding hydrogens is 404 g/mol. The number of benzene rings is 3. The molecule has 1 heterocycles. The van der Waals surface area contributed by atoms with Gasteiger partial charge in [0.25, 0.3) is 5.91 Å². The van der Waals surface area contributed by atoms with E-state index in [0.717, 1.165) is 33.2 Å². The summed E-state index contributed by atoms with van der Waals surface area (Å²) in [6.45, 7) is 4.95. The number of rotatable bonds is 8. The second-order valence-corrected chi connectivity index (χ2v) is 7.72. The summed E-state index contributed by atoms with van der Waals surface area (Å²) in [6, 6.07) is 19.6. The van der Waals surface area contributed by atoms with Gasteiger partial charge in [-0.1, -0.05) is 53.7 Å². The quantitative estimate of drug-likeness (QED) is 0.421. The van der Waals surface area contributed by atoms with Crippen molar-refractivity contribution in [2.45, 2.75) is 33.6 Å². The molecule has 0 radical (unpaired) electrons. The first-order valence-electron chi connectivity index (χ1n) is 10.5. The Morgan fingerprint density at radius 1 is 0.969 bits per heavy atom. The van der Waals surface area contributed by atoms with E-state index in [2.05, 4.69) is 10.5 Å². The van der Waals surface area contributed by atoms with Crippen LogP contribution in [0.15, 0.2) is 65.2 Å². The van der Waals surface area contributed by atoms with Gasteiger partial charge in [0.1, 0.15) is 18.1 Å². The summed E-state index contributed by atoms with van der Waals surface area (Å²) in [6.07, 6.45) is 0. The first kappa shape index (κ1) is 21.6. The van der Waals surface area contributed by atoms with Gasteiger partial charge in [0, 0.05) is 13.7 Å². The van der Waals surface area contributed by atoms with E-state index in [1.54, 1.807) is 7.11 Å². The number of nitrogens with zero attached hydrogens (tertiary/aromatic N) is 1. The van der Waals surface area contributed by atoms with Crippen molar-refractivity contribution in [2.75, 3.05) is 7.11 Å². The van der Waals surface area contributed by atoms with Crippen molar-refractivity contribution >= 4 is 16.7 Å². The number of carbonyl (C=O) groups is 1. The molecule has 6 nitrogen and oxygen atoms in total. The summed E-state index contributed by atoms with van der Waals surface area (Å²) in [7, 11) is 1.66. The number of aryl methyl sites for hydroxylation is 2. The Morgan fingerprint density at radius 3 is 2.44 bits per heavy atom. The predicted octanol–water partition coefficient (Wildman–Crippen LogP) is 5.10. The van der Waals surface area contributed by atoms with Crippen molar-refractivity contribution in [3.63, 3.8) is 0 Å². The van der Waals surface area contributed by atoms with E-state index in [9.17, 15) is 4.79 Å². The van der Waals surface area contributed by atoms with Crippen LogP contribution in [0, 0.1) is 13.8 Å². The Balaban J connectivity index is 1.57. The van der Waals surface area contributed by atoms with Gasteiger partial charge in [0.15, 0.2) is 0 Å². The molecule has 0 unspecified atom stereocenters. The SMILES string of the molecule is COCc1cccc(CNC(=O)c2cc3ccccc3cc2OCc2c(C)noc2C)c1. The zero-order valence-corrected chi connectivity index (χ0v) is 18.5. The third-order valence-corrected chi connectivity index (χ3v) is 5.40. The van der Waals surface area contributed by atoms with E-state index in [1.165, 1.54) is 0 Å². The van der Waals surface area contributed by atoms with Crippen LogP contribution in [-0.2, 0) is 24.5 Å². The predicted molar refractivity (Wildman–Crippen MR) is 123 cm³/mol. The highest BCUT2D eigenvalue weighted by atomic mass is 16.5. The topological polar surface area (TPSA) is 73.6 Å². The highest BCUT2D eigenvalue weighted by Gasteiger charge is 2.16. The lowest BCUT2D eigenvalue weighted by Crippen LogP contribution is -2.23. The van der Waals surface area contributed by atoms with Crippen molar-refractivity contribution in [2.24, 2.45) is 0 Å². The molecular formula is C26H26N2O4. The van der Waals surface area contributed by atoms with Gasteiger partial charge in [-0.05, 0) is 47.9 Å². The monoisotopic (exact) mass is 430 g/mol. The molecule has 1 aromatic heterocycles. The second-order valence-electron chi connectivity index (χ2n) is 7.72. The Labute approximate surface area is 187 Å². The molecule has 0 aliphatic carbocycles. The van der Waals surface area contributed by atoms with E-state index >= 15 is 0 Å². The van der Waals surface area contributed by atoms with Crippen LogP contribution in [0.1, 0.15) is 38.5 Å². The van der Waals surface area contributed by atoms with Gasteiger partial charge in [-0.2, -0.15) is 0 Å². The van der Waals surface area contributed by atoms with Crippen molar-refractivity contribution in [1.82, 2.24) is 10.5 Å². The van der Waals surface area contributed by atoms with Gasteiger partial charge in [0.05, 0.1) is 23.4 Å². The van der Waals surface area contributed by atoms with Crippen molar-refractivity contribution < 1.29 is 18.8 Å². The largest absolute Gasteiger partial charge is 0.488 e. The van der Waals surface area contributed by atoms with E-state index in [1.807, 2.05) is 74.5 Å². The van der Waals surface area contributed by atoms with E-state index in [-0.39, 0.29) is 12.5 Å². The molecule has 0 aliphatic heterocycles. The number of amides is 1. The molecule has 0 aliphatic rings. The molecule has 3 aromatic carbocycles. The second kappa shape index (κ2) is 9.66. The van der Waals surface area contributed by atoms with Gasteiger partial charge in [-0.3, -0.25) is 4.79 Å². The fourth-order valence-electron chi connectivity index (χ4n) is 3.65.